The quantitative estimate of drug-likeness (QED) is 0.423. The summed E-state index contributed by atoms with van der Waals surface area (Å²) < 4.78 is 12.3. The van der Waals surface area contributed by atoms with Gasteiger partial charge in [-0.2, -0.15) is 0 Å². The highest BCUT2D eigenvalue weighted by Crippen LogP contribution is 2.22. The van der Waals surface area contributed by atoms with Crippen molar-refractivity contribution < 1.29 is 29.9 Å². The van der Waals surface area contributed by atoms with E-state index in [0.717, 1.165) is 18.5 Å². The Bertz CT molecular complexity index is 455. The fourth-order valence-corrected chi connectivity index (χ4v) is 2.32. The van der Waals surface area contributed by atoms with Gasteiger partial charge in [-0.05, 0) is 19.3 Å². The molecular weight excluding hydrogens is 294 g/mol. The summed E-state index contributed by atoms with van der Waals surface area (Å²) in [5, 5.41) is 46.0. The van der Waals surface area contributed by atoms with Crippen LogP contribution < -0.4 is 0 Å². The smallest absolute Gasteiger partial charge is 0.186 e. The van der Waals surface area contributed by atoms with Crippen LogP contribution in [0.25, 0.3) is 0 Å². The average molecular weight is 317 g/mol. The molecule has 1 saturated heterocycles. The lowest BCUT2D eigenvalue weighted by Crippen LogP contribution is -2.59. The number of hydrogen-bond donors (Lipinski definition) is 4. The first-order chi connectivity index (χ1) is 10.5. The first-order valence-electron chi connectivity index (χ1n) is 7.30. The Hall–Kier alpha value is -1.10. The second kappa shape index (κ2) is 7.95. The number of nitrogens with zero attached hydrogens (tertiary/aromatic N) is 3. The molecular formula is C13H23N3O6. The maximum Gasteiger partial charge on any atom is 0.186 e. The minimum Gasteiger partial charge on any atom is -0.394 e. The van der Waals surface area contributed by atoms with Crippen molar-refractivity contribution in [3.05, 3.63) is 11.9 Å². The number of aromatic nitrogens is 3. The summed E-state index contributed by atoms with van der Waals surface area (Å²) in [6, 6.07) is 0. The minimum atomic E-state index is -1.41. The van der Waals surface area contributed by atoms with E-state index in [9.17, 15) is 15.3 Å². The van der Waals surface area contributed by atoms with Crippen LogP contribution in [-0.2, 0) is 22.9 Å². The summed E-state index contributed by atoms with van der Waals surface area (Å²) in [7, 11) is 1.80. The minimum absolute atomic E-state index is 0.322. The van der Waals surface area contributed by atoms with E-state index in [0.29, 0.717) is 13.0 Å². The van der Waals surface area contributed by atoms with E-state index in [1.54, 1.807) is 11.7 Å². The lowest BCUT2D eigenvalue weighted by Gasteiger charge is -2.39. The monoisotopic (exact) mass is 317 g/mol. The van der Waals surface area contributed by atoms with Crippen molar-refractivity contribution in [3.8, 4) is 0 Å². The normalized spacial score (nSPS) is 32.3. The van der Waals surface area contributed by atoms with Crippen LogP contribution in [0, 0.1) is 0 Å². The zero-order valence-electron chi connectivity index (χ0n) is 12.4. The second-order valence-electron chi connectivity index (χ2n) is 5.41. The number of hydrogen-bond acceptors (Lipinski definition) is 8. The van der Waals surface area contributed by atoms with Crippen LogP contribution >= 0.6 is 0 Å². The van der Waals surface area contributed by atoms with Gasteiger partial charge in [0, 0.05) is 19.9 Å². The summed E-state index contributed by atoms with van der Waals surface area (Å²) >= 11 is 0. The molecule has 0 saturated carbocycles. The van der Waals surface area contributed by atoms with Gasteiger partial charge in [0.15, 0.2) is 6.29 Å². The SMILES string of the molecule is Cn1cc(CCCCO[C@@H]2O[C@H](CO)[C@@H](O)[C@H](O)[C@H]2O)nn1. The fourth-order valence-electron chi connectivity index (χ4n) is 2.32. The van der Waals surface area contributed by atoms with Crippen LogP contribution in [0.5, 0.6) is 0 Å². The summed E-state index contributed by atoms with van der Waals surface area (Å²) in [6.07, 6.45) is -1.97. The van der Waals surface area contributed by atoms with E-state index >= 15 is 0 Å². The first kappa shape index (κ1) is 17.3. The molecule has 4 N–H and O–H groups in total. The predicted molar refractivity (Wildman–Crippen MR) is 73.7 cm³/mol. The van der Waals surface area contributed by atoms with E-state index in [1.165, 1.54) is 0 Å². The maximum absolute atomic E-state index is 9.80. The van der Waals surface area contributed by atoms with Gasteiger partial charge in [0.2, 0.25) is 0 Å². The van der Waals surface area contributed by atoms with E-state index in [4.69, 9.17) is 14.6 Å². The molecule has 0 amide bonds. The van der Waals surface area contributed by atoms with Crippen LogP contribution in [0.1, 0.15) is 18.5 Å². The summed E-state index contributed by atoms with van der Waals surface area (Å²) in [5.74, 6) is 0. The Morgan fingerprint density at radius 1 is 1.23 bits per heavy atom. The molecule has 1 aliphatic rings. The van der Waals surface area contributed by atoms with Gasteiger partial charge in [-0.1, -0.05) is 5.21 Å². The van der Waals surface area contributed by atoms with Gasteiger partial charge in [0.25, 0.3) is 0 Å². The molecule has 0 radical (unpaired) electrons. The molecule has 0 aliphatic carbocycles. The molecule has 2 heterocycles. The number of aryl methyl sites for hydroxylation is 2. The molecule has 1 aliphatic heterocycles. The maximum atomic E-state index is 9.80. The number of unbranched alkanes of at least 4 members (excludes halogenated alkanes) is 1. The van der Waals surface area contributed by atoms with Gasteiger partial charge in [0.1, 0.15) is 24.4 Å². The van der Waals surface area contributed by atoms with Gasteiger partial charge in [-0.25, -0.2) is 0 Å². The molecule has 9 nitrogen and oxygen atoms in total. The third-order valence-corrected chi connectivity index (χ3v) is 3.61. The highest BCUT2D eigenvalue weighted by atomic mass is 16.7. The highest BCUT2D eigenvalue weighted by molar-refractivity contribution is 4.91. The zero-order chi connectivity index (χ0) is 16.1. The molecule has 1 aromatic rings. The lowest BCUT2D eigenvalue weighted by molar-refractivity contribution is -0.301. The van der Waals surface area contributed by atoms with Crippen molar-refractivity contribution >= 4 is 0 Å². The van der Waals surface area contributed by atoms with E-state index in [1.807, 2.05) is 6.20 Å². The highest BCUT2D eigenvalue weighted by Gasteiger charge is 2.43. The van der Waals surface area contributed by atoms with Gasteiger partial charge in [0.05, 0.1) is 12.3 Å². The van der Waals surface area contributed by atoms with Crippen molar-refractivity contribution in [2.75, 3.05) is 13.2 Å². The summed E-state index contributed by atoms with van der Waals surface area (Å²) in [5.41, 5.74) is 0.898. The van der Waals surface area contributed by atoms with Crippen molar-refractivity contribution in [1.82, 2.24) is 15.0 Å². The van der Waals surface area contributed by atoms with E-state index in [-0.39, 0.29) is 0 Å². The second-order valence-corrected chi connectivity index (χ2v) is 5.41. The Kier molecular flexibility index (Phi) is 6.24. The predicted octanol–water partition coefficient (Wildman–Crippen LogP) is -2.05. The van der Waals surface area contributed by atoms with E-state index in [2.05, 4.69) is 10.3 Å². The largest absolute Gasteiger partial charge is 0.394 e. The average Bonchev–Trinajstić information content (AvgIpc) is 2.92. The van der Waals surface area contributed by atoms with Crippen molar-refractivity contribution in [3.63, 3.8) is 0 Å². The molecule has 0 unspecified atom stereocenters. The van der Waals surface area contributed by atoms with Gasteiger partial charge in [-0.3, -0.25) is 4.68 Å². The van der Waals surface area contributed by atoms with E-state index < -0.39 is 37.3 Å². The van der Waals surface area contributed by atoms with Crippen LogP contribution in [0.3, 0.4) is 0 Å². The fraction of sp³-hybridized carbons (Fsp3) is 0.846. The summed E-state index contributed by atoms with van der Waals surface area (Å²) in [4.78, 5) is 0. The van der Waals surface area contributed by atoms with Crippen LogP contribution in [0.2, 0.25) is 0 Å². The molecule has 0 spiro atoms. The third-order valence-electron chi connectivity index (χ3n) is 3.61. The van der Waals surface area contributed by atoms with Gasteiger partial charge in [-0.15, -0.1) is 5.10 Å². The molecule has 22 heavy (non-hydrogen) atoms. The number of aliphatic hydroxyl groups excluding tert-OH is 4. The Labute approximate surface area is 128 Å². The van der Waals surface area contributed by atoms with Crippen LogP contribution in [0.15, 0.2) is 6.20 Å². The molecule has 5 atom stereocenters. The standard InChI is InChI=1S/C13H23N3O6/c1-16-6-8(14-15-16)4-2-3-5-21-13-12(20)11(19)10(18)9(7-17)22-13/h6,9-13,17-20H,2-5,7H2,1H3/t9-,10-,11+,12-,13-/m1/s1. The van der Waals surface area contributed by atoms with Crippen LogP contribution in [-0.4, -0.2) is 79.3 Å². The molecule has 9 heteroatoms. The van der Waals surface area contributed by atoms with Crippen molar-refractivity contribution in [2.24, 2.45) is 7.05 Å². The molecule has 1 fully saturated rings. The Morgan fingerprint density at radius 3 is 2.64 bits per heavy atom. The van der Waals surface area contributed by atoms with Crippen LogP contribution in [0.4, 0.5) is 0 Å². The lowest BCUT2D eigenvalue weighted by atomic mass is 9.99. The molecule has 1 aromatic heterocycles. The van der Waals surface area contributed by atoms with Crippen molar-refractivity contribution in [1.29, 1.82) is 0 Å². The number of rotatable bonds is 7. The zero-order valence-corrected chi connectivity index (χ0v) is 12.4. The Morgan fingerprint density at radius 2 is 2.00 bits per heavy atom. The number of ether oxygens (including phenoxy) is 2. The Balaban J connectivity index is 1.69. The topological polar surface area (TPSA) is 130 Å². The molecule has 0 bridgehead atoms. The number of aliphatic hydroxyl groups is 4. The van der Waals surface area contributed by atoms with Gasteiger partial charge >= 0.3 is 0 Å². The summed E-state index contributed by atoms with van der Waals surface area (Å²) in [6.45, 7) is -0.138. The molecule has 2 rings (SSSR count). The first-order valence-corrected chi connectivity index (χ1v) is 7.30. The van der Waals surface area contributed by atoms with Crippen molar-refractivity contribution in [2.45, 2.75) is 50.0 Å². The third kappa shape index (κ3) is 4.22. The molecule has 0 aromatic carbocycles. The molecule has 126 valence electrons. The van der Waals surface area contributed by atoms with Gasteiger partial charge < -0.3 is 29.9 Å².